The molecule has 94 valence electrons. The molecule has 0 spiro atoms. The van der Waals surface area contributed by atoms with E-state index in [4.69, 9.17) is 4.42 Å². The summed E-state index contributed by atoms with van der Waals surface area (Å²) in [5, 5.41) is 0. The summed E-state index contributed by atoms with van der Waals surface area (Å²) in [5.74, 6) is 1.60. The zero-order valence-corrected chi connectivity index (χ0v) is 10.7. The Labute approximate surface area is 106 Å². The third kappa shape index (κ3) is 1.38. The van der Waals surface area contributed by atoms with Crippen LogP contribution in [0.2, 0.25) is 0 Å². The lowest BCUT2D eigenvalue weighted by molar-refractivity contribution is 0.354. The smallest absolute Gasteiger partial charge is 0.298 e. The first-order valence-corrected chi connectivity index (χ1v) is 6.51. The molecule has 4 nitrogen and oxygen atoms in total. The molecule has 4 heteroatoms. The Morgan fingerprint density at radius 2 is 1.94 bits per heavy atom. The summed E-state index contributed by atoms with van der Waals surface area (Å²) < 4.78 is 5.82. The fourth-order valence-corrected chi connectivity index (χ4v) is 3.41. The number of rotatable bonds is 2. The minimum atomic E-state index is 0.769. The van der Waals surface area contributed by atoms with Gasteiger partial charge in [-0.25, -0.2) is 0 Å². The van der Waals surface area contributed by atoms with Crippen molar-refractivity contribution in [3.63, 3.8) is 0 Å². The van der Waals surface area contributed by atoms with Gasteiger partial charge in [0.05, 0.1) is 0 Å². The van der Waals surface area contributed by atoms with Gasteiger partial charge >= 0.3 is 0 Å². The van der Waals surface area contributed by atoms with Gasteiger partial charge in [-0.1, -0.05) is 12.1 Å². The molecule has 0 amide bonds. The van der Waals surface area contributed by atoms with E-state index in [1.807, 2.05) is 24.3 Å². The number of anilines is 1. The van der Waals surface area contributed by atoms with Crippen LogP contribution in [-0.2, 0) is 0 Å². The highest BCUT2D eigenvalue weighted by atomic mass is 16.4. The van der Waals surface area contributed by atoms with E-state index in [0.717, 1.165) is 48.1 Å². The molecular formula is C14H17N3O. The quantitative estimate of drug-likeness (QED) is 0.805. The monoisotopic (exact) mass is 243 g/mol. The molecule has 1 saturated carbocycles. The van der Waals surface area contributed by atoms with Gasteiger partial charge in [-0.2, -0.15) is 4.98 Å². The molecule has 18 heavy (non-hydrogen) atoms. The molecule has 1 aromatic heterocycles. The van der Waals surface area contributed by atoms with E-state index in [-0.39, 0.29) is 0 Å². The molecule has 2 fully saturated rings. The molecule has 2 heterocycles. The fourth-order valence-electron chi connectivity index (χ4n) is 3.41. The summed E-state index contributed by atoms with van der Waals surface area (Å²) >= 11 is 0. The van der Waals surface area contributed by atoms with E-state index < -0.39 is 0 Å². The van der Waals surface area contributed by atoms with Crippen molar-refractivity contribution in [2.24, 2.45) is 11.8 Å². The molecule has 2 aromatic rings. The van der Waals surface area contributed by atoms with Crippen LogP contribution in [0.4, 0.5) is 6.01 Å². The Hall–Kier alpha value is -1.55. The number of para-hydroxylation sites is 2. The van der Waals surface area contributed by atoms with Crippen molar-refractivity contribution in [3.8, 4) is 0 Å². The summed E-state index contributed by atoms with van der Waals surface area (Å²) in [6, 6.07) is 9.53. The average molecular weight is 243 g/mol. The summed E-state index contributed by atoms with van der Waals surface area (Å²) in [6.45, 7) is 2.17. The number of piperidine rings is 1. The number of benzene rings is 1. The van der Waals surface area contributed by atoms with Gasteiger partial charge in [0.2, 0.25) is 0 Å². The lowest BCUT2D eigenvalue weighted by Gasteiger charge is -2.20. The van der Waals surface area contributed by atoms with Crippen LogP contribution in [0.5, 0.6) is 0 Å². The first-order valence-electron chi connectivity index (χ1n) is 6.51. The van der Waals surface area contributed by atoms with Crippen LogP contribution >= 0.6 is 0 Å². The van der Waals surface area contributed by atoms with Crippen molar-refractivity contribution in [1.29, 1.82) is 0 Å². The molecule has 0 radical (unpaired) electrons. The normalized spacial score (nSPS) is 30.2. The van der Waals surface area contributed by atoms with Crippen LogP contribution < -0.4 is 4.90 Å². The Morgan fingerprint density at radius 1 is 1.22 bits per heavy atom. The molecule has 1 aromatic carbocycles. The Bertz CT molecular complexity index is 546. The van der Waals surface area contributed by atoms with Crippen molar-refractivity contribution in [2.75, 3.05) is 32.1 Å². The summed E-state index contributed by atoms with van der Waals surface area (Å²) in [7, 11) is 4.35. The van der Waals surface area contributed by atoms with Crippen molar-refractivity contribution in [1.82, 2.24) is 9.88 Å². The second kappa shape index (κ2) is 3.48. The topological polar surface area (TPSA) is 32.5 Å². The highest BCUT2D eigenvalue weighted by Crippen LogP contribution is 2.49. The molecule has 1 aliphatic heterocycles. The second-order valence-corrected chi connectivity index (χ2v) is 5.65. The lowest BCUT2D eigenvalue weighted by atomic mass is 10.3. The first-order chi connectivity index (χ1) is 8.74. The number of aromatic nitrogens is 1. The molecule has 1 saturated heterocycles. The van der Waals surface area contributed by atoms with Crippen LogP contribution in [0.1, 0.15) is 0 Å². The maximum Gasteiger partial charge on any atom is 0.298 e. The zero-order chi connectivity index (χ0) is 12.3. The number of oxazole rings is 1. The average Bonchev–Trinajstić information content (AvgIpc) is 2.78. The molecular weight excluding hydrogens is 226 g/mol. The van der Waals surface area contributed by atoms with E-state index in [2.05, 4.69) is 28.9 Å². The molecule has 2 aliphatic rings. The third-order valence-corrected chi connectivity index (χ3v) is 4.30. The van der Waals surface area contributed by atoms with E-state index in [0.29, 0.717) is 0 Å². The summed E-state index contributed by atoms with van der Waals surface area (Å²) in [4.78, 5) is 9.20. The van der Waals surface area contributed by atoms with Gasteiger partial charge in [0, 0.05) is 19.1 Å². The molecule has 1 aliphatic carbocycles. The fraction of sp³-hybridized carbons (Fsp3) is 0.500. The van der Waals surface area contributed by atoms with Gasteiger partial charge in [0.25, 0.3) is 6.01 Å². The highest BCUT2D eigenvalue weighted by molar-refractivity contribution is 5.74. The number of fused-ring (bicyclic) bond motifs is 2. The maximum absolute atomic E-state index is 5.82. The third-order valence-electron chi connectivity index (χ3n) is 4.30. The van der Waals surface area contributed by atoms with E-state index in [1.54, 1.807) is 0 Å². The zero-order valence-electron chi connectivity index (χ0n) is 10.7. The van der Waals surface area contributed by atoms with E-state index in [9.17, 15) is 0 Å². The van der Waals surface area contributed by atoms with Crippen LogP contribution in [-0.4, -0.2) is 43.1 Å². The number of hydrogen-bond donors (Lipinski definition) is 0. The van der Waals surface area contributed by atoms with Gasteiger partial charge in [0.1, 0.15) is 5.52 Å². The van der Waals surface area contributed by atoms with Crippen LogP contribution in [0.15, 0.2) is 28.7 Å². The Kier molecular flexibility index (Phi) is 2.01. The van der Waals surface area contributed by atoms with Gasteiger partial charge in [-0.05, 0) is 38.1 Å². The molecule has 1 unspecified atom stereocenters. The number of nitrogens with zero attached hydrogens (tertiary/aromatic N) is 3. The van der Waals surface area contributed by atoms with Crippen molar-refractivity contribution < 1.29 is 4.42 Å². The van der Waals surface area contributed by atoms with Gasteiger partial charge in [0.15, 0.2) is 5.58 Å². The predicted molar refractivity (Wildman–Crippen MR) is 70.7 cm³/mol. The maximum atomic E-state index is 5.82. The predicted octanol–water partition coefficient (Wildman–Crippen LogP) is 1.82. The van der Waals surface area contributed by atoms with Gasteiger partial charge in [-0.15, -0.1) is 0 Å². The highest BCUT2D eigenvalue weighted by Gasteiger charge is 2.57. The van der Waals surface area contributed by atoms with E-state index >= 15 is 0 Å². The summed E-state index contributed by atoms with van der Waals surface area (Å²) in [5.41, 5.74) is 1.84. The van der Waals surface area contributed by atoms with Crippen LogP contribution in [0, 0.1) is 11.8 Å². The Balaban J connectivity index is 1.56. The lowest BCUT2D eigenvalue weighted by Crippen LogP contribution is -2.30. The molecule has 4 rings (SSSR count). The minimum absolute atomic E-state index is 0.769. The van der Waals surface area contributed by atoms with Crippen molar-refractivity contribution in [2.45, 2.75) is 6.04 Å². The summed E-state index contributed by atoms with van der Waals surface area (Å²) in [6.07, 6.45) is 0. The molecule has 0 bridgehead atoms. The van der Waals surface area contributed by atoms with Crippen LogP contribution in [0.3, 0.4) is 0 Å². The number of hydrogen-bond acceptors (Lipinski definition) is 4. The molecule has 3 atom stereocenters. The standard InChI is InChI=1S/C14H17N3O/c1-16(2)13-9-7-17(8-10(9)13)14-15-11-5-3-4-6-12(11)18-14/h3-6,9-10,13H,7-8H2,1-2H3/t9-,10+,13?. The minimum Gasteiger partial charge on any atom is -0.423 e. The Morgan fingerprint density at radius 3 is 2.61 bits per heavy atom. The SMILES string of the molecule is CN(C)C1[C@H]2CN(c3nc4ccccc4o3)C[C@@H]12. The van der Waals surface area contributed by atoms with Gasteiger partial charge < -0.3 is 14.2 Å². The first kappa shape index (κ1) is 10.4. The molecule has 0 N–H and O–H groups in total. The van der Waals surface area contributed by atoms with Crippen LogP contribution in [0.25, 0.3) is 11.1 Å². The van der Waals surface area contributed by atoms with Crippen molar-refractivity contribution in [3.05, 3.63) is 24.3 Å². The van der Waals surface area contributed by atoms with Crippen molar-refractivity contribution >= 4 is 17.1 Å². The van der Waals surface area contributed by atoms with E-state index in [1.165, 1.54) is 0 Å². The second-order valence-electron chi connectivity index (χ2n) is 5.65. The largest absolute Gasteiger partial charge is 0.423 e. The van der Waals surface area contributed by atoms with Gasteiger partial charge in [-0.3, -0.25) is 0 Å².